The Labute approximate surface area is 125 Å². The second-order valence-electron chi connectivity index (χ2n) is 3.93. The predicted molar refractivity (Wildman–Crippen MR) is 84.9 cm³/mol. The summed E-state index contributed by atoms with van der Waals surface area (Å²) in [6, 6.07) is 6.68. The molecule has 0 aliphatic carbocycles. The van der Waals surface area contributed by atoms with Crippen LogP contribution in [-0.2, 0) is 6.42 Å². The van der Waals surface area contributed by atoms with E-state index in [1.807, 2.05) is 6.07 Å². The van der Waals surface area contributed by atoms with E-state index in [4.69, 9.17) is 5.73 Å². The lowest BCUT2D eigenvalue weighted by Gasteiger charge is -2.05. The summed E-state index contributed by atoms with van der Waals surface area (Å²) >= 11 is 0. The number of nitrogens with zero attached hydrogens (tertiary/aromatic N) is 1. The quantitative estimate of drug-likeness (QED) is 0.353. The molecule has 0 amide bonds. The monoisotopic (exact) mass is 365 g/mol. The normalized spacial score (nSPS) is 10.9. The van der Waals surface area contributed by atoms with E-state index in [1.54, 1.807) is 12.1 Å². The second kappa shape index (κ2) is 10.1. The average molecular weight is 365 g/mol. The number of nitrogens with one attached hydrogen (secondary N) is 1. The van der Waals surface area contributed by atoms with Gasteiger partial charge in [-0.15, -0.1) is 24.0 Å². The maximum Gasteiger partial charge on any atom is 0.188 e. The first-order valence-electron chi connectivity index (χ1n) is 6.00. The number of guanidine groups is 1. The molecule has 1 aromatic carbocycles. The Morgan fingerprint density at radius 3 is 2.89 bits per heavy atom. The molecular formula is C13H21FIN3. The fourth-order valence-electron chi connectivity index (χ4n) is 1.49. The van der Waals surface area contributed by atoms with E-state index in [0.717, 1.165) is 37.9 Å². The molecule has 0 aliphatic rings. The Morgan fingerprint density at radius 2 is 2.22 bits per heavy atom. The van der Waals surface area contributed by atoms with Crippen LogP contribution in [0.2, 0.25) is 0 Å². The Kier molecular flexibility index (Phi) is 9.63. The van der Waals surface area contributed by atoms with Gasteiger partial charge < -0.3 is 11.1 Å². The number of aliphatic imine (C=N–C) groups is 1. The zero-order valence-electron chi connectivity index (χ0n) is 10.7. The largest absolute Gasteiger partial charge is 0.370 e. The molecule has 0 bridgehead atoms. The fraction of sp³-hybridized carbons (Fsp3) is 0.462. The molecule has 5 heteroatoms. The lowest BCUT2D eigenvalue weighted by molar-refractivity contribution is 0.624. The number of hydrogen-bond donors (Lipinski definition) is 2. The van der Waals surface area contributed by atoms with Crippen molar-refractivity contribution in [3.63, 3.8) is 0 Å². The minimum Gasteiger partial charge on any atom is -0.370 e. The zero-order valence-corrected chi connectivity index (χ0v) is 13.0. The second-order valence-corrected chi connectivity index (χ2v) is 3.93. The van der Waals surface area contributed by atoms with Gasteiger partial charge in [0.05, 0.1) is 0 Å². The molecule has 3 N–H and O–H groups in total. The van der Waals surface area contributed by atoms with Crippen LogP contribution in [0.1, 0.15) is 25.3 Å². The Balaban J connectivity index is 0.00000289. The van der Waals surface area contributed by atoms with Crippen molar-refractivity contribution in [1.29, 1.82) is 0 Å². The molecule has 0 saturated heterocycles. The van der Waals surface area contributed by atoms with Crippen LogP contribution in [0.3, 0.4) is 0 Å². The van der Waals surface area contributed by atoms with Gasteiger partial charge in [0.1, 0.15) is 5.82 Å². The molecule has 0 aromatic heterocycles. The highest BCUT2D eigenvalue weighted by molar-refractivity contribution is 14.0. The minimum absolute atomic E-state index is 0. The molecule has 0 unspecified atom stereocenters. The van der Waals surface area contributed by atoms with Gasteiger partial charge in [-0.1, -0.05) is 19.1 Å². The fourth-order valence-corrected chi connectivity index (χ4v) is 1.49. The number of rotatable bonds is 6. The van der Waals surface area contributed by atoms with Crippen LogP contribution in [0, 0.1) is 5.82 Å². The van der Waals surface area contributed by atoms with Gasteiger partial charge in [0, 0.05) is 13.1 Å². The first kappa shape index (κ1) is 17.2. The summed E-state index contributed by atoms with van der Waals surface area (Å²) in [5, 5.41) is 3.04. The predicted octanol–water partition coefficient (Wildman–Crippen LogP) is 2.69. The molecule has 1 rings (SSSR count). The van der Waals surface area contributed by atoms with E-state index < -0.39 is 0 Å². The SMILES string of the molecule is CCCN=C(N)NCCCc1cccc(F)c1.I. The first-order chi connectivity index (χ1) is 8.22. The van der Waals surface area contributed by atoms with Gasteiger partial charge in [0.2, 0.25) is 0 Å². The lowest BCUT2D eigenvalue weighted by atomic mass is 10.1. The molecule has 0 radical (unpaired) electrons. The highest BCUT2D eigenvalue weighted by Crippen LogP contribution is 2.05. The molecule has 18 heavy (non-hydrogen) atoms. The van der Waals surface area contributed by atoms with Crippen molar-refractivity contribution in [2.75, 3.05) is 13.1 Å². The van der Waals surface area contributed by atoms with Crippen molar-refractivity contribution >= 4 is 29.9 Å². The average Bonchev–Trinajstić information content (AvgIpc) is 2.32. The maximum absolute atomic E-state index is 12.9. The van der Waals surface area contributed by atoms with Gasteiger partial charge in [0.25, 0.3) is 0 Å². The van der Waals surface area contributed by atoms with E-state index in [-0.39, 0.29) is 29.8 Å². The van der Waals surface area contributed by atoms with Crippen molar-refractivity contribution in [2.45, 2.75) is 26.2 Å². The molecule has 0 heterocycles. The van der Waals surface area contributed by atoms with Crippen molar-refractivity contribution in [1.82, 2.24) is 5.32 Å². The van der Waals surface area contributed by atoms with E-state index in [2.05, 4.69) is 17.2 Å². The van der Waals surface area contributed by atoms with Crippen LogP contribution in [0.15, 0.2) is 29.3 Å². The molecular weight excluding hydrogens is 344 g/mol. The third kappa shape index (κ3) is 7.47. The zero-order chi connectivity index (χ0) is 12.5. The number of hydrogen-bond acceptors (Lipinski definition) is 1. The number of aryl methyl sites for hydroxylation is 1. The summed E-state index contributed by atoms with van der Waals surface area (Å²) in [4.78, 5) is 4.12. The van der Waals surface area contributed by atoms with Gasteiger partial charge in [-0.3, -0.25) is 4.99 Å². The summed E-state index contributed by atoms with van der Waals surface area (Å²) in [6.07, 6.45) is 2.74. The standard InChI is InChI=1S/C13H20FN3.HI/c1-2-8-16-13(15)17-9-4-6-11-5-3-7-12(14)10-11;/h3,5,7,10H,2,4,6,8-9H2,1H3,(H3,15,16,17);1H. The van der Waals surface area contributed by atoms with Crippen LogP contribution in [-0.4, -0.2) is 19.0 Å². The van der Waals surface area contributed by atoms with Crippen molar-refractivity contribution in [3.8, 4) is 0 Å². The van der Waals surface area contributed by atoms with E-state index >= 15 is 0 Å². The van der Waals surface area contributed by atoms with Crippen molar-refractivity contribution in [3.05, 3.63) is 35.6 Å². The van der Waals surface area contributed by atoms with Crippen LogP contribution in [0.4, 0.5) is 4.39 Å². The van der Waals surface area contributed by atoms with Gasteiger partial charge in [-0.25, -0.2) is 4.39 Å². The van der Waals surface area contributed by atoms with E-state index in [1.165, 1.54) is 6.07 Å². The maximum atomic E-state index is 12.9. The van der Waals surface area contributed by atoms with E-state index in [9.17, 15) is 4.39 Å². The highest BCUT2D eigenvalue weighted by atomic mass is 127. The summed E-state index contributed by atoms with van der Waals surface area (Å²) in [6.45, 7) is 3.57. The summed E-state index contributed by atoms with van der Waals surface area (Å²) in [7, 11) is 0. The number of nitrogens with two attached hydrogens (primary N) is 1. The van der Waals surface area contributed by atoms with E-state index in [0.29, 0.717) is 5.96 Å². The van der Waals surface area contributed by atoms with Crippen molar-refractivity contribution in [2.24, 2.45) is 10.7 Å². The molecule has 0 spiro atoms. The molecule has 0 fully saturated rings. The van der Waals surface area contributed by atoms with Crippen molar-refractivity contribution < 1.29 is 4.39 Å². The highest BCUT2D eigenvalue weighted by Gasteiger charge is 1.96. The van der Waals surface area contributed by atoms with Crippen LogP contribution in [0.25, 0.3) is 0 Å². The third-order valence-electron chi connectivity index (χ3n) is 2.34. The van der Waals surface area contributed by atoms with Gasteiger partial charge in [-0.05, 0) is 37.0 Å². The molecule has 0 atom stereocenters. The lowest BCUT2D eigenvalue weighted by Crippen LogP contribution is -2.32. The Morgan fingerprint density at radius 1 is 1.44 bits per heavy atom. The number of benzene rings is 1. The van der Waals surface area contributed by atoms with Gasteiger partial charge in [-0.2, -0.15) is 0 Å². The minimum atomic E-state index is -0.181. The Bertz CT molecular complexity index is 369. The summed E-state index contributed by atoms with van der Waals surface area (Å²) < 4.78 is 12.9. The molecule has 1 aromatic rings. The third-order valence-corrected chi connectivity index (χ3v) is 2.34. The van der Waals surface area contributed by atoms with Crippen LogP contribution < -0.4 is 11.1 Å². The molecule has 0 saturated carbocycles. The summed E-state index contributed by atoms with van der Waals surface area (Å²) in [5.41, 5.74) is 6.65. The van der Waals surface area contributed by atoms with Gasteiger partial charge >= 0.3 is 0 Å². The topological polar surface area (TPSA) is 50.4 Å². The summed E-state index contributed by atoms with van der Waals surface area (Å²) in [5.74, 6) is 0.311. The smallest absolute Gasteiger partial charge is 0.188 e. The first-order valence-corrected chi connectivity index (χ1v) is 6.00. The van der Waals surface area contributed by atoms with Crippen LogP contribution >= 0.6 is 24.0 Å². The van der Waals surface area contributed by atoms with Crippen LogP contribution in [0.5, 0.6) is 0 Å². The molecule has 102 valence electrons. The van der Waals surface area contributed by atoms with Gasteiger partial charge in [0.15, 0.2) is 5.96 Å². The Hall–Kier alpha value is -0.850. The molecule has 3 nitrogen and oxygen atoms in total. The molecule has 0 aliphatic heterocycles. The number of halogens is 2.